The van der Waals surface area contributed by atoms with Crippen molar-refractivity contribution >= 4 is 15.9 Å². The van der Waals surface area contributed by atoms with E-state index in [1.54, 1.807) is 6.07 Å². The van der Waals surface area contributed by atoms with Crippen molar-refractivity contribution in [2.24, 2.45) is 17.6 Å². The van der Waals surface area contributed by atoms with Crippen LogP contribution in [0.1, 0.15) is 31.7 Å². The molecule has 0 amide bonds. The van der Waals surface area contributed by atoms with E-state index in [1.165, 1.54) is 12.5 Å². The van der Waals surface area contributed by atoms with Crippen molar-refractivity contribution in [3.05, 3.63) is 34.1 Å². The fourth-order valence-corrected chi connectivity index (χ4v) is 3.30. The minimum Gasteiger partial charge on any atom is -0.327 e. The van der Waals surface area contributed by atoms with Crippen LogP contribution in [0.15, 0.2) is 22.7 Å². The van der Waals surface area contributed by atoms with Crippen LogP contribution in [0.2, 0.25) is 0 Å². The number of nitrogens with two attached hydrogens (primary N) is 1. The summed E-state index contributed by atoms with van der Waals surface area (Å²) in [6.07, 6.45) is 4.38. The molecule has 0 aromatic heterocycles. The lowest BCUT2D eigenvalue weighted by Gasteiger charge is -2.32. The molecule has 3 unspecified atom stereocenters. The minimum absolute atomic E-state index is 0.174. The van der Waals surface area contributed by atoms with Crippen molar-refractivity contribution in [3.8, 4) is 0 Å². The molecule has 1 fully saturated rings. The summed E-state index contributed by atoms with van der Waals surface area (Å²) in [5.74, 6) is 1.07. The molecule has 2 N–H and O–H groups in total. The molecule has 0 bridgehead atoms. The molecule has 3 heteroatoms. The van der Waals surface area contributed by atoms with E-state index in [-0.39, 0.29) is 11.9 Å². The standard InChI is InChI=1S/C14H19BrFN/c1-9-2-3-14(17)11(4-9)5-10-6-12(15)8-13(16)7-10/h6-9,11,14H,2-5,17H2,1H3. The molecule has 1 nitrogen and oxygen atoms in total. The van der Waals surface area contributed by atoms with Crippen molar-refractivity contribution in [3.63, 3.8) is 0 Å². The maximum atomic E-state index is 13.3. The Morgan fingerprint density at radius 3 is 2.82 bits per heavy atom. The third-order valence-electron chi connectivity index (χ3n) is 3.72. The first-order valence-corrected chi connectivity index (χ1v) is 7.04. The van der Waals surface area contributed by atoms with E-state index in [4.69, 9.17) is 5.73 Å². The van der Waals surface area contributed by atoms with Crippen molar-refractivity contribution in [1.82, 2.24) is 0 Å². The van der Waals surface area contributed by atoms with E-state index in [1.807, 2.05) is 6.07 Å². The molecule has 94 valence electrons. The molecule has 1 aromatic carbocycles. The maximum Gasteiger partial charge on any atom is 0.124 e. The Bertz CT molecular complexity index is 374. The predicted molar refractivity (Wildman–Crippen MR) is 72.3 cm³/mol. The summed E-state index contributed by atoms with van der Waals surface area (Å²) in [7, 11) is 0. The van der Waals surface area contributed by atoms with Gasteiger partial charge in [-0.15, -0.1) is 0 Å². The predicted octanol–water partition coefficient (Wildman–Crippen LogP) is 3.89. The molecule has 1 saturated carbocycles. The van der Waals surface area contributed by atoms with Crippen molar-refractivity contribution < 1.29 is 4.39 Å². The highest BCUT2D eigenvalue weighted by Crippen LogP contribution is 2.31. The zero-order valence-electron chi connectivity index (χ0n) is 10.1. The number of hydrogen-bond donors (Lipinski definition) is 1. The quantitative estimate of drug-likeness (QED) is 0.881. The Balaban J connectivity index is 2.08. The van der Waals surface area contributed by atoms with Gasteiger partial charge in [-0.05, 0) is 61.3 Å². The molecule has 1 aliphatic rings. The van der Waals surface area contributed by atoms with Crippen LogP contribution in [-0.2, 0) is 6.42 Å². The molecule has 0 heterocycles. The van der Waals surface area contributed by atoms with E-state index in [0.717, 1.165) is 35.2 Å². The first-order valence-electron chi connectivity index (χ1n) is 6.25. The van der Waals surface area contributed by atoms with Crippen LogP contribution in [0.25, 0.3) is 0 Å². The Labute approximate surface area is 111 Å². The molecule has 0 radical (unpaired) electrons. The van der Waals surface area contributed by atoms with E-state index in [0.29, 0.717) is 5.92 Å². The molecule has 0 aliphatic heterocycles. The van der Waals surface area contributed by atoms with Crippen molar-refractivity contribution in [2.75, 3.05) is 0 Å². The van der Waals surface area contributed by atoms with Crippen molar-refractivity contribution in [1.29, 1.82) is 0 Å². The maximum absolute atomic E-state index is 13.3. The Morgan fingerprint density at radius 1 is 1.35 bits per heavy atom. The number of halogens is 2. The zero-order chi connectivity index (χ0) is 12.4. The zero-order valence-corrected chi connectivity index (χ0v) is 11.7. The highest BCUT2D eigenvalue weighted by atomic mass is 79.9. The monoisotopic (exact) mass is 299 g/mol. The van der Waals surface area contributed by atoms with Crippen LogP contribution in [0, 0.1) is 17.7 Å². The smallest absolute Gasteiger partial charge is 0.124 e. The summed E-state index contributed by atoms with van der Waals surface area (Å²) in [5, 5.41) is 0. The van der Waals surface area contributed by atoms with Crippen LogP contribution in [-0.4, -0.2) is 6.04 Å². The Morgan fingerprint density at radius 2 is 2.12 bits per heavy atom. The van der Waals surface area contributed by atoms with Gasteiger partial charge >= 0.3 is 0 Å². The third kappa shape index (κ3) is 3.52. The summed E-state index contributed by atoms with van der Waals surface area (Å²) in [6.45, 7) is 2.28. The van der Waals surface area contributed by atoms with Crippen LogP contribution in [0.3, 0.4) is 0 Å². The average Bonchev–Trinajstić information content (AvgIpc) is 2.22. The average molecular weight is 300 g/mol. The third-order valence-corrected chi connectivity index (χ3v) is 4.18. The van der Waals surface area contributed by atoms with Gasteiger partial charge in [0.1, 0.15) is 5.82 Å². The summed E-state index contributed by atoms with van der Waals surface area (Å²) in [5.41, 5.74) is 7.21. The van der Waals surface area contributed by atoms with Crippen LogP contribution < -0.4 is 5.73 Å². The highest BCUT2D eigenvalue weighted by Gasteiger charge is 2.26. The van der Waals surface area contributed by atoms with Crippen LogP contribution in [0.5, 0.6) is 0 Å². The van der Waals surface area contributed by atoms with Gasteiger partial charge < -0.3 is 5.73 Å². The van der Waals surface area contributed by atoms with Crippen LogP contribution >= 0.6 is 15.9 Å². The van der Waals surface area contributed by atoms with Crippen LogP contribution in [0.4, 0.5) is 4.39 Å². The van der Waals surface area contributed by atoms with Gasteiger partial charge in [0.15, 0.2) is 0 Å². The second kappa shape index (κ2) is 5.49. The van der Waals surface area contributed by atoms with Gasteiger partial charge in [-0.25, -0.2) is 4.39 Å². The molecule has 1 aliphatic carbocycles. The van der Waals surface area contributed by atoms with Gasteiger partial charge in [0.05, 0.1) is 0 Å². The second-order valence-electron chi connectivity index (χ2n) is 5.32. The van der Waals surface area contributed by atoms with Crippen molar-refractivity contribution in [2.45, 2.75) is 38.6 Å². The lowest BCUT2D eigenvalue weighted by Crippen LogP contribution is -2.36. The fraction of sp³-hybridized carbons (Fsp3) is 0.571. The highest BCUT2D eigenvalue weighted by molar-refractivity contribution is 9.10. The number of hydrogen-bond acceptors (Lipinski definition) is 1. The van der Waals surface area contributed by atoms with E-state index in [9.17, 15) is 4.39 Å². The van der Waals surface area contributed by atoms with Gasteiger partial charge in [0.2, 0.25) is 0 Å². The Hall–Kier alpha value is -0.410. The summed E-state index contributed by atoms with van der Waals surface area (Å²) in [6, 6.07) is 5.38. The SMILES string of the molecule is CC1CCC(N)C(Cc2cc(F)cc(Br)c2)C1. The lowest BCUT2D eigenvalue weighted by atomic mass is 9.76. The molecular formula is C14H19BrFN. The summed E-state index contributed by atoms with van der Waals surface area (Å²) in [4.78, 5) is 0. The number of rotatable bonds is 2. The van der Waals surface area contributed by atoms with E-state index >= 15 is 0 Å². The van der Waals surface area contributed by atoms with Gasteiger partial charge in [0, 0.05) is 10.5 Å². The first kappa shape index (κ1) is 13.0. The van der Waals surface area contributed by atoms with E-state index < -0.39 is 0 Å². The molecule has 2 rings (SSSR count). The summed E-state index contributed by atoms with van der Waals surface area (Å²) < 4.78 is 14.1. The molecular weight excluding hydrogens is 281 g/mol. The largest absolute Gasteiger partial charge is 0.327 e. The summed E-state index contributed by atoms with van der Waals surface area (Å²) >= 11 is 3.33. The topological polar surface area (TPSA) is 26.0 Å². The van der Waals surface area contributed by atoms with Gasteiger partial charge in [0.25, 0.3) is 0 Å². The molecule has 17 heavy (non-hydrogen) atoms. The molecule has 0 spiro atoms. The molecule has 1 aromatic rings. The Kier molecular flexibility index (Phi) is 4.21. The molecule has 0 saturated heterocycles. The minimum atomic E-state index is -0.174. The first-order chi connectivity index (χ1) is 8.04. The fourth-order valence-electron chi connectivity index (χ4n) is 2.79. The number of benzene rings is 1. The molecule has 3 atom stereocenters. The van der Waals surface area contributed by atoms with Gasteiger partial charge in [-0.1, -0.05) is 22.9 Å². The normalized spacial score (nSPS) is 29.3. The van der Waals surface area contributed by atoms with Gasteiger partial charge in [-0.2, -0.15) is 0 Å². The van der Waals surface area contributed by atoms with Gasteiger partial charge in [-0.3, -0.25) is 0 Å². The second-order valence-corrected chi connectivity index (χ2v) is 6.24. The lowest BCUT2D eigenvalue weighted by molar-refractivity contribution is 0.244. The van der Waals surface area contributed by atoms with E-state index in [2.05, 4.69) is 22.9 Å².